The van der Waals surface area contributed by atoms with Crippen LogP contribution in [-0.4, -0.2) is 48.0 Å². The zero-order chi connectivity index (χ0) is 22.1. The first-order valence-corrected chi connectivity index (χ1v) is 9.38. The van der Waals surface area contributed by atoms with Crippen molar-refractivity contribution < 1.29 is 19.5 Å². The number of aromatic nitrogens is 4. The van der Waals surface area contributed by atoms with Crippen LogP contribution in [0.1, 0.15) is 16.1 Å². The van der Waals surface area contributed by atoms with E-state index in [1.807, 2.05) is 0 Å². The van der Waals surface area contributed by atoms with Crippen LogP contribution in [0, 0.1) is 0 Å². The summed E-state index contributed by atoms with van der Waals surface area (Å²) in [4.78, 5) is 26.6. The molecule has 0 fully saturated rings. The first kappa shape index (κ1) is 20.2. The van der Waals surface area contributed by atoms with E-state index in [4.69, 9.17) is 16.1 Å². The third kappa shape index (κ3) is 3.76. The molecule has 0 saturated heterocycles. The molecule has 0 radical (unpaired) electrons. The van der Waals surface area contributed by atoms with E-state index >= 15 is 0 Å². The lowest BCUT2D eigenvalue weighted by atomic mass is 10.1. The highest BCUT2D eigenvalue weighted by atomic mass is 35.5. The highest BCUT2D eigenvalue weighted by Crippen LogP contribution is 2.35. The average molecular weight is 442 g/mol. The molecule has 0 aliphatic carbocycles. The Kier molecular flexibility index (Phi) is 5.22. The maximum absolute atomic E-state index is 12.9. The van der Waals surface area contributed by atoms with E-state index < -0.39 is 17.3 Å². The zero-order valence-corrected chi connectivity index (χ0v) is 16.9. The normalized spacial score (nSPS) is 10.9. The molecule has 3 N–H and O–H groups in total. The van der Waals surface area contributed by atoms with Crippen molar-refractivity contribution in [2.75, 3.05) is 7.05 Å². The van der Waals surface area contributed by atoms with Crippen molar-refractivity contribution in [3.05, 3.63) is 75.5 Å². The molecule has 11 heteroatoms. The predicted octanol–water partition coefficient (Wildman–Crippen LogP) is 2.55. The van der Waals surface area contributed by atoms with Crippen molar-refractivity contribution in [1.82, 2.24) is 24.8 Å². The lowest BCUT2D eigenvalue weighted by Gasteiger charge is -2.17. The van der Waals surface area contributed by atoms with Gasteiger partial charge in [-0.1, -0.05) is 28.9 Å². The molecule has 1 amide bonds. The SMILES string of the molecule is CN(Cc1ccon1)C(=O)c1cc(-c2n[nH]c(=O)n2-c2ccccc2Cl)c(O)cc1O. The topological polar surface area (TPSA) is 137 Å². The summed E-state index contributed by atoms with van der Waals surface area (Å²) in [5, 5.41) is 31.1. The van der Waals surface area contributed by atoms with E-state index in [0.717, 1.165) is 6.07 Å². The third-order valence-electron chi connectivity index (χ3n) is 4.59. The fourth-order valence-corrected chi connectivity index (χ4v) is 3.32. The molecule has 4 rings (SSSR count). The van der Waals surface area contributed by atoms with E-state index in [0.29, 0.717) is 11.4 Å². The number of nitrogens with one attached hydrogen (secondary N) is 1. The molecular weight excluding hydrogens is 426 g/mol. The first-order chi connectivity index (χ1) is 14.9. The minimum absolute atomic E-state index is 0.0174. The van der Waals surface area contributed by atoms with Crippen molar-refractivity contribution in [3.63, 3.8) is 0 Å². The quantitative estimate of drug-likeness (QED) is 0.432. The number of carbonyl (C=O) groups is 1. The maximum Gasteiger partial charge on any atom is 0.348 e. The largest absolute Gasteiger partial charge is 0.507 e. The average Bonchev–Trinajstić information content (AvgIpc) is 3.38. The fraction of sp³-hybridized carbons (Fsp3) is 0.100. The van der Waals surface area contributed by atoms with Gasteiger partial charge in [0.25, 0.3) is 5.91 Å². The molecule has 0 spiro atoms. The van der Waals surface area contributed by atoms with Gasteiger partial charge in [-0.15, -0.1) is 0 Å². The van der Waals surface area contributed by atoms with Gasteiger partial charge in [0.2, 0.25) is 0 Å². The number of phenolic OH excluding ortho intramolecular Hbond substituents is 2. The highest BCUT2D eigenvalue weighted by molar-refractivity contribution is 6.32. The molecular formula is C20H16ClN5O5. The van der Waals surface area contributed by atoms with Gasteiger partial charge in [0.15, 0.2) is 5.82 Å². The van der Waals surface area contributed by atoms with Gasteiger partial charge in [-0.05, 0) is 18.2 Å². The number of amides is 1. The summed E-state index contributed by atoms with van der Waals surface area (Å²) >= 11 is 6.22. The van der Waals surface area contributed by atoms with Gasteiger partial charge in [0.1, 0.15) is 23.5 Å². The van der Waals surface area contributed by atoms with Crippen molar-refractivity contribution in [3.8, 4) is 28.6 Å². The van der Waals surface area contributed by atoms with Crippen LogP contribution >= 0.6 is 11.6 Å². The molecule has 4 aromatic rings. The van der Waals surface area contributed by atoms with Crippen LogP contribution < -0.4 is 5.69 Å². The van der Waals surface area contributed by atoms with Crippen LogP contribution in [-0.2, 0) is 6.54 Å². The van der Waals surface area contributed by atoms with Crippen LogP contribution in [0.5, 0.6) is 11.5 Å². The Hall–Kier alpha value is -4.05. The summed E-state index contributed by atoms with van der Waals surface area (Å²) in [6.07, 6.45) is 1.38. The second kappa shape index (κ2) is 8.00. The number of carbonyl (C=O) groups excluding carboxylic acids is 1. The zero-order valence-electron chi connectivity index (χ0n) is 16.1. The van der Waals surface area contributed by atoms with Crippen LogP contribution in [0.2, 0.25) is 5.02 Å². The van der Waals surface area contributed by atoms with Crippen LogP contribution in [0.15, 0.2) is 58.0 Å². The summed E-state index contributed by atoms with van der Waals surface area (Å²) in [7, 11) is 1.52. The second-order valence-electron chi connectivity index (χ2n) is 6.68. The van der Waals surface area contributed by atoms with Gasteiger partial charge < -0.3 is 19.6 Å². The minimum atomic E-state index is -0.591. The van der Waals surface area contributed by atoms with Crippen molar-refractivity contribution >= 4 is 17.5 Å². The van der Waals surface area contributed by atoms with E-state index in [9.17, 15) is 19.8 Å². The molecule has 0 saturated carbocycles. The van der Waals surface area contributed by atoms with Gasteiger partial charge in [-0.25, -0.2) is 14.5 Å². The first-order valence-electron chi connectivity index (χ1n) is 9.00. The number of aromatic amines is 1. The molecule has 0 aliphatic rings. The van der Waals surface area contributed by atoms with E-state index in [1.54, 1.807) is 30.3 Å². The summed E-state index contributed by atoms with van der Waals surface area (Å²) in [6, 6.07) is 10.5. The Morgan fingerprint density at radius 1 is 1.23 bits per heavy atom. The summed E-state index contributed by atoms with van der Waals surface area (Å²) in [6.45, 7) is 0.137. The number of benzene rings is 2. The number of rotatable bonds is 5. The Bertz CT molecular complexity index is 1310. The number of nitrogens with zero attached hydrogens (tertiary/aromatic N) is 4. The van der Waals surface area contributed by atoms with Gasteiger partial charge in [0, 0.05) is 19.2 Å². The number of phenols is 2. The molecule has 0 bridgehead atoms. The van der Waals surface area contributed by atoms with Crippen molar-refractivity contribution in [2.45, 2.75) is 6.54 Å². The Morgan fingerprint density at radius 3 is 2.71 bits per heavy atom. The lowest BCUT2D eigenvalue weighted by Crippen LogP contribution is -2.26. The predicted molar refractivity (Wildman–Crippen MR) is 110 cm³/mol. The molecule has 31 heavy (non-hydrogen) atoms. The minimum Gasteiger partial charge on any atom is -0.507 e. The van der Waals surface area contributed by atoms with Crippen LogP contribution in [0.3, 0.4) is 0 Å². The number of hydrogen-bond donors (Lipinski definition) is 3. The molecule has 0 atom stereocenters. The van der Waals surface area contributed by atoms with Crippen molar-refractivity contribution in [1.29, 1.82) is 0 Å². The van der Waals surface area contributed by atoms with Crippen molar-refractivity contribution in [2.24, 2.45) is 0 Å². The second-order valence-corrected chi connectivity index (χ2v) is 7.08. The Morgan fingerprint density at radius 2 is 2.00 bits per heavy atom. The number of hydrogen-bond acceptors (Lipinski definition) is 7. The summed E-state index contributed by atoms with van der Waals surface area (Å²) in [5.41, 5.74) is 0.219. The summed E-state index contributed by atoms with van der Waals surface area (Å²) in [5.74, 6) is -1.33. The van der Waals surface area contributed by atoms with E-state index in [-0.39, 0.29) is 34.3 Å². The van der Waals surface area contributed by atoms with Gasteiger partial charge in [-0.2, -0.15) is 5.10 Å². The number of halogens is 1. The maximum atomic E-state index is 12.9. The highest BCUT2D eigenvalue weighted by Gasteiger charge is 2.23. The van der Waals surface area contributed by atoms with E-state index in [1.165, 1.54) is 28.8 Å². The van der Waals surface area contributed by atoms with Gasteiger partial charge in [-0.3, -0.25) is 4.79 Å². The van der Waals surface area contributed by atoms with Crippen LogP contribution in [0.4, 0.5) is 0 Å². The monoisotopic (exact) mass is 441 g/mol. The lowest BCUT2D eigenvalue weighted by molar-refractivity contribution is 0.0779. The van der Waals surface area contributed by atoms with E-state index in [2.05, 4.69) is 15.4 Å². The molecule has 2 heterocycles. The molecule has 0 aliphatic heterocycles. The molecule has 2 aromatic heterocycles. The standard InChI is InChI=1S/C20H16ClN5O5/c1-25(10-11-6-7-31-24-11)19(29)13-8-12(16(27)9-17(13)28)18-22-23-20(30)26(18)15-5-3-2-4-14(15)21/h2-9,27-28H,10H2,1H3,(H,23,30). The third-order valence-corrected chi connectivity index (χ3v) is 4.91. The molecule has 158 valence electrons. The Balaban J connectivity index is 1.79. The van der Waals surface area contributed by atoms with Gasteiger partial charge >= 0.3 is 5.69 Å². The fourth-order valence-electron chi connectivity index (χ4n) is 3.10. The van der Waals surface area contributed by atoms with Crippen LogP contribution in [0.25, 0.3) is 17.1 Å². The molecule has 2 aromatic carbocycles. The molecule has 0 unspecified atom stereocenters. The Labute approximate surface area is 179 Å². The molecule has 10 nitrogen and oxygen atoms in total. The van der Waals surface area contributed by atoms with Gasteiger partial charge in [0.05, 0.1) is 28.4 Å². The summed E-state index contributed by atoms with van der Waals surface area (Å²) < 4.78 is 5.93. The smallest absolute Gasteiger partial charge is 0.348 e. The number of para-hydroxylation sites is 1. The number of aromatic hydroxyl groups is 2. The number of H-pyrrole nitrogens is 1.